The van der Waals surface area contributed by atoms with Crippen LogP contribution in [0.1, 0.15) is 32.1 Å². The maximum atomic E-state index is 12.4. The van der Waals surface area contributed by atoms with Gasteiger partial charge in [-0.05, 0) is 31.2 Å². The number of aliphatic carboxylic acids is 1. The van der Waals surface area contributed by atoms with Crippen LogP contribution in [0.3, 0.4) is 0 Å². The predicted octanol–water partition coefficient (Wildman–Crippen LogP) is 2.44. The number of nitrogens with zero attached hydrogens (tertiary/aromatic N) is 3. The molecule has 1 saturated heterocycles. The molecule has 0 bridgehead atoms. The number of aromatic nitrogens is 2. The van der Waals surface area contributed by atoms with Crippen molar-refractivity contribution in [3.63, 3.8) is 0 Å². The number of amides is 1. The highest BCUT2D eigenvalue weighted by Crippen LogP contribution is 2.30. The molecule has 0 spiro atoms. The zero-order valence-corrected chi connectivity index (χ0v) is 14.2. The smallest absolute Gasteiger partial charge is 0.311 e. The van der Waals surface area contributed by atoms with Gasteiger partial charge in [-0.25, -0.2) is 0 Å². The van der Waals surface area contributed by atoms with E-state index in [1.54, 1.807) is 23.2 Å². The Hall–Kier alpha value is -2.22. The summed E-state index contributed by atoms with van der Waals surface area (Å²) < 4.78 is 5.18. The molecule has 128 valence electrons. The molecule has 24 heavy (non-hydrogen) atoms. The minimum Gasteiger partial charge on any atom is -0.481 e. The Labute approximate surface area is 143 Å². The number of likely N-dealkylation sites (tertiary alicyclic amines) is 1. The van der Waals surface area contributed by atoms with Crippen LogP contribution >= 0.6 is 11.3 Å². The van der Waals surface area contributed by atoms with Crippen molar-refractivity contribution >= 4 is 23.2 Å². The van der Waals surface area contributed by atoms with Crippen LogP contribution < -0.4 is 0 Å². The molecule has 0 aromatic carbocycles. The molecule has 3 rings (SSSR count). The molecule has 1 unspecified atom stereocenters. The Balaban J connectivity index is 1.57. The van der Waals surface area contributed by atoms with Crippen molar-refractivity contribution in [1.82, 2.24) is 15.0 Å². The van der Waals surface area contributed by atoms with Crippen molar-refractivity contribution in [2.24, 2.45) is 5.41 Å². The summed E-state index contributed by atoms with van der Waals surface area (Å²) in [6.07, 6.45) is 1.90. The lowest BCUT2D eigenvalue weighted by Crippen LogP contribution is -2.48. The van der Waals surface area contributed by atoms with Crippen LogP contribution in [0.15, 0.2) is 21.3 Å². The molecule has 1 aliphatic rings. The van der Waals surface area contributed by atoms with Gasteiger partial charge in [0, 0.05) is 36.9 Å². The number of carboxylic acid groups (broad SMARTS) is 1. The Kier molecular flexibility index (Phi) is 4.66. The quantitative estimate of drug-likeness (QED) is 0.890. The number of hydrogen-bond donors (Lipinski definition) is 1. The molecule has 3 heterocycles. The molecule has 1 amide bonds. The van der Waals surface area contributed by atoms with E-state index in [0.29, 0.717) is 37.5 Å². The second-order valence-corrected chi connectivity index (χ2v) is 7.09. The van der Waals surface area contributed by atoms with Gasteiger partial charge in [-0.2, -0.15) is 16.3 Å². The molecule has 1 atom stereocenters. The summed E-state index contributed by atoms with van der Waals surface area (Å²) in [5.74, 6) is 0.0208. The fourth-order valence-corrected chi connectivity index (χ4v) is 3.50. The maximum Gasteiger partial charge on any atom is 0.311 e. The highest BCUT2D eigenvalue weighted by molar-refractivity contribution is 7.08. The van der Waals surface area contributed by atoms with Gasteiger partial charge in [0.2, 0.25) is 17.6 Å². The summed E-state index contributed by atoms with van der Waals surface area (Å²) in [4.78, 5) is 29.7. The van der Waals surface area contributed by atoms with Crippen LogP contribution in [-0.4, -0.2) is 45.1 Å². The van der Waals surface area contributed by atoms with E-state index in [4.69, 9.17) is 4.52 Å². The number of piperidine rings is 1. The fraction of sp³-hybridized carbons (Fsp3) is 0.500. The Morgan fingerprint density at radius 3 is 3.04 bits per heavy atom. The maximum absolute atomic E-state index is 12.4. The van der Waals surface area contributed by atoms with Gasteiger partial charge in [0.15, 0.2) is 0 Å². The normalized spacial score (nSPS) is 21.0. The molecule has 2 aromatic heterocycles. The van der Waals surface area contributed by atoms with E-state index < -0.39 is 11.4 Å². The van der Waals surface area contributed by atoms with E-state index >= 15 is 0 Å². The third-order valence-corrected chi connectivity index (χ3v) is 5.05. The SMILES string of the molecule is CC1(C(=O)O)CCCN(C(=O)CCc2nc(-c3ccsc3)no2)C1. The highest BCUT2D eigenvalue weighted by Gasteiger charge is 2.39. The molecule has 0 saturated carbocycles. The van der Waals surface area contributed by atoms with Crippen LogP contribution in [0.5, 0.6) is 0 Å². The molecule has 0 radical (unpaired) electrons. The largest absolute Gasteiger partial charge is 0.481 e. The van der Waals surface area contributed by atoms with E-state index in [-0.39, 0.29) is 18.9 Å². The average molecular weight is 349 g/mol. The molecule has 0 aliphatic carbocycles. The summed E-state index contributed by atoms with van der Waals surface area (Å²) in [5, 5.41) is 17.1. The van der Waals surface area contributed by atoms with Gasteiger partial charge < -0.3 is 14.5 Å². The summed E-state index contributed by atoms with van der Waals surface area (Å²) in [5.41, 5.74) is 0.0411. The van der Waals surface area contributed by atoms with Crippen LogP contribution in [0.2, 0.25) is 0 Å². The molecule has 2 aromatic rings. The number of carbonyl (C=O) groups is 2. The molecule has 8 heteroatoms. The second kappa shape index (κ2) is 6.72. The van der Waals surface area contributed by atoms with E-state index in [0.717, 1.165) is 5.56 Å². The third kappa shape index (κ3) is 3.48. The summed E-state index contributed by atoms with van der Waals surface area (Å²) in [6.45, 7) is 2.55. The molecule has 1 aliphatic heterocycles. The predicted molar refractivity (Wildman–Crippen MR) is 87.5 cm³/mol. The van der Waals surface area contributed by atoms with Gasteiger partial charge in [0.1, 0.15) is 0 Å². The van der Waals surface area contributed by atoms with Crippen LogP contribution in [0.25, 0.3) is 11.4 Å². The first-order valence-corrected chi connectivity index (χ1v) is 8.78. The van der Waals surface area contributed by atoms with Crippen molar-refractivity contribution in [2.75, 3.05) is 13.1 Å². The van der Waals surface area contributed by atoms with Crippen molar-refractivity contribution in [3.8, 4) is 11.4 Å². The van der Waals surface area contributed by atoms with Crippen molar-refractivity contribution in [3.05, 3.63) is 22.7 Å². The zero-order valence-electron chi connectivity index (χ0n) is 13.4. The topological polar surface area (TPSA) is 96.5 Å². The first-order valence-electron chi connectivity index (χ1n) is 7.84. The van der Waals surface area contributed by atoms with Crippen LogP contribution in [0.4, 0.5) is 0 Å². The van der Waals surface area contributed by atoms with E-state index in [2.05, 4.69) is 10.1 Å². The Morgan fingerprint density at radius 1 is 1.50 bits per heavy atom. The fourth-order valence-electron chi connectivity index (χ4n) is 2.86. The summed E-state index contributed by atoms with van der Waals surface area (Å²) in [7, 11) is 0. The van der Waals surface area contributed by atoms with Crippen molar-refractivity contribution in [2.45, 2.75) is 32.6 Å². The number of rotatable bonds is 5. The summed E-state index contributed by atoms with van der Waals surface area (Å²) >= 11 is 1.55. The molecule has 1 N–H and O–H groups in total. The summed E-state index contributed by atoms with van der Waals surface area (Å²) in [6, 6.07) is 1.91. The van der Waals surface area contributed by atoms with Crippen LogP contribution in [-0.2, 0) is 16.0 Å². The first kappa shape index (κ1) is 16.6. The van der Waals surface area contributed by atoms with Gasteiger partial charge >= 0.3 is 5.97 Å². The third-order valence-electron chi connectivity index (χ3n) is 4.37. The molecular formula is C16H19N3O4S. The molecule has 7 nitrogen and oxygen atoms in total. The van der Waals surface area contributed by atoms with E-state index in [9.17, 15) is 14.7 Å². The Bertz CT molecular complexity index is 728. The zero-order chi connectivity index (χ0) is 17.2. The highest BCUT2D eigenvalue weighted by atomic mass is 32.1. The number of hydrogen-bond acceptors (Lipinski definition) is 6. The average Bonchev–Trinajstić information content (AvgIpc) is 3.23. The van der Waals surface area contributed by atoms with Gasteiger partial charge in [0.25, 0.3) is 0 Å². The second-order valence-electron chi connectivity index (χ2n) is 6.31. The van der Waals surface area contributed by atoms with Crippen molar-refractivity contribution in [1.29, 1.82) is 0 Å². The number of aryl methyl sites for hydroxylation is 1. The monoisotopic (exact) mass is 349 g/mol. The van der Waals surface area contributed by atoms with Crippen LogP contribution in [0, 0.1) is 5.41 Å². The minimum absolute atomic E-state index is 0.0718. The Morgan fingerprint density at radius 2 is 2.33 bits per heavy atom. The van der Waals surface area contributed by atoms with Gasteiger partial charge in [-0.1, -0.05) is 5.16 Å². The lowest BCUT2D eigenvalue weighted by molar-refractivity contribution is -0.153. The van der Waals surface area contributed by atoms with E-state index in [1.165, 1.54) is 0 Å². The van der Waals surface area contributed by atoms with Gasteiger partial charge in [0.05, 0.1) is 5.41 Å². The van der Waals surface area contributed by atoms with E-state index in [1.807, 2.05) is 16.8 Å². The molecular weight excluding hydrogens is 330 g/mol. The van der Waals surface area contributed by atoms with Gasteiger partial charge in [-0.3, -0.25) is 9.59 Å². The lowest BCUT2D eigenvalue weighted by Gasteiger charge is -2.37. The lowest BCUT2D eigenvalue weighted by atomic mass is 9.82. The number of thiophene rings is 1. The molecule has 1 fully saturated rings. The standard InChI is InChI=1S/C16H19N3O4S/c1-16(15(21)22)6-2-7-19(10-16)13(20)4-3-12-17-14(18-23-12)11-5-8-24-9-11/h5,8-9H,2-4,6-7,10H2,1H3,(H,21,22). The number of carbonyl (C=O) groups excluding carboxylic acids is 1. The number of carboxylic acids is 1. The van der Waals surface area contributed by atoms with Crippen molar-refractivity contribution < 1.29 is 19.2 Å². The van der Waals surface area contributed by atoms with Gasteiger partial charge in [-0.15, -0.1) is 0 Å². The minimum atomic E-state index is -0.857. The first-order chi connectivity index (χ1) is 11.5.